The summed E-state index contributed by atoms with van der Waals surface area (Å²) >= 11 is 0. The van der Waals surface area contributed by atoms with Gasteiger partial charge in [-0.1, -0.05) is 6.07 Å². The molecule has 108 valence electrons. The fourth-order valence-electron chi connectivity index (χ4n) is 1.27. The van der Waals surface area contributed by atoms with Crippen molar-refractivity contribution in [1.82, 2.24) is 0 Å². The lowest BCUT2D eigenvalue weighted by Crippen LogP contribution is -2.44. The maximum Gasteiger partial charge on any atom is 0.423 e. The van der Waals surface area contributed by atoms with E-state index < -0.39 is 36.4 Å². The minimum atomic E-state index is -5.64. The topological polar surface area (TPSA) is 35.2 Å². The number of anilines is 1. The molecule has 19 heavy (non-hydrogen) atoms. The van der Waals surface area contributed by atoms with Gasteiger partial charge >= 0.3 is 12.4 Å². The van der Waals surface area contributed by atoms with E-state index in [2.05, 4.69) is 4.74 Å². The van der Waals surface area contributed by atoms with Crippen molar-refractivity contribution in [3.63, 3.8) is 0 Å². The van der Waals surface area contributed by atoms with E-state index in [0.29, 0.717) is 0 Å². The lowest BCUT2D eigenvalue weighted by molar-refractivity contribution is -0.324. The van der Waals surface area contributed by atoms with Crippen molar-refractivity contribution in [3.05, 3.63) is 29.6 Å². The van der Waals surface area contributed by atoms with Gasteiger partial charge in [0.05, 0.1) is 6.61 Å². The van der Waals surface area contributed by atoms with Gasteiger partial charge in [-0.15, -0.1) is 0 Å². The number of nitrogen functional groups attached to an aromatic ring is 1. The lowest BCUT2D eigenvalue weighted by atomic mass is 10.2. The van der Waals surface area contributed by atoms with E-state index in [0.717, 1.165) is 12.1 Å². The molecule has 9 heteroatoms. The van der Waals surface area contributed by atoms with Crippen LogP contribution in [0.5, 0.6) is 0 Å². The number of halogens is 7. The zero-order chi connectivity index (χ0) is 14.8. The molecule has 0 saturated heterocycles. The van der Waals surface area contributed by atoms with Crippen LogP contribution < -0.4 is 5.73 Å². The van der Waals surface area contributed by atoms with Crippen molar-refractivity contribution in [1.29, 1.82) is 0 Å². The first-order valence-corrected chi connectivity index (χ1v) is 4.81. The van der Waals surface area contributed by atoms with Crippen LogP contribution in [0.25, 0.3) is 0 Å². The molecule has 0 unspecified atom stereocenters. The Morgan fingerprint density at radius 2 is 1.58 bits per heavy atom. The van der Waals surface area contributed by atoms with E-state index >= 15 is 0 Å². The van der Waals surface area contributed by atoms with Crippen LogP contribution in [0.3, 0.4) is 0 Å². The Balaban J connectivity index is 2.89. The Labute approximate surface area is 103 Å². The first-order chi connectivity index (χ1) is 8.53. The highest BCUT2D eigenvalue weighted by Crippen LogP contribution is 2.36. The van der Waals surface area contributed by atoms with Crippen LogP contribution in [0.15, 0.2) is 18.2 Å². The molecule has 0 heterocycles. The lowest BCUT2D eigenvalue weighted by Gasteiger charge is -2.23. The molecule has 2 nitrogen and oxygen atoms in total. The number of hydrogen-bond acceptors (Lipinski definition) is 2. The van der Waals surface area contributed by atoms with Gasteiger partial charge in [-0.25, -0.2) is 4.39 Å². The van der Waals surface area contributed by atoms with Crippen LogP contribution in [0.2, 0.25) is 0 Å². The van der Waals surface area contributed by atoms with Gasteiger partial charge in [0.25, 0.3) is 0 Å². The number of rotatable bonds is 3. The quantitative estimate of drug-likeness (QED) is 0.684. The molecule has 0 spiro atoms. The molecule has 0 aliphatic heterocycles. The molecule has 1 aromatic carbocycles. The molecule has 0 aromatic heterocycles. The van der Waals surface area contributed by atoms with Gasteiger partial charge < -0.3 is 10.5 Å². The van der Waals surface area contributed by atoms with Gasteiger partial charge in [0.15, 0.2) is 0 Å². The van der Waals surface area contributed by atoms with Crippen molar-refractivity contribution < 1.29 is 35.5 Å². The summed E-state index contributed by atoms with van der Waals surface area (Å²) in [7, 11) is 0. The average molecular weight is 291 g/mol. The number of alkyl halides is 6. The van der Waals surface area contributed by atoms with Crippen molar-refractivity contribution in [2.24, 2.45) is 0 Å². The molecular formula is C10H8F7NO. The number of ether oxygens (including phenoxy) is 1. The molecule has 2 N–H and O–H groups in total. The molecule has 0 bridgehead atoms. The van der Waals surface area contributed by atoms with E-state index in [-0.39, 0.29) is 5.69 Å². The van der Waals surface area contributed by atoms with Crippen molar-refractivity contribution in [2.45, 2.75) is 25.1 Å². The predicted octanol–water partition coefficient (Wildman–Crippen LogP) is 3.42. The third-order valence-corrected chi connectivity index (χ3v) is 2.14. The first kappa shape index (κ1) is 15.5. The predicted molar refractivity (Wildman–Crippen MR) is 51.5 cm³/mol. The second-order valence-corrected chi connectivity index (χ2v) is 3.58. The summed E-state index contributed by atoms with van der Waals surface area (Å²) in [6.07, 6.45) is -15.3. The zero-order valence-corrected chi connectivity index (χ0v) is 9.15. The summed E-state index contributed by atoms with van der Waals surface area (Å²) in [5.74, 6) is -1.04. The minimum absolute atomic E-state index is 0.289. The summed E-state index contributed by atoms with van der Waals surface area (Å²) in [4.78, 5) is 0. The molecule has 1 rings (SSSR count). The van der Waals surface area contributed by atoms with Crippen LogP contribution in [-0.4, -0.2) is 18.5 Å². The molecule has 0 aliphatic rings. The number of benzene rings is 1. The summed E-state index contributed by atoms with van der Waals surface area (Å²) in [5.41, 5.74) is 4.40. The fourth-order valence-corrected chi connectivity index (χ4v) is 1.27. The average Bonchev–Trinajstić information content (AvgIpc) is 2.18. The van der Waals surface area contributed by atoms with Crippen LogP contribution in [0.4, 0.5) is 36.4 Å². The van der Waals surface area contributed by atoms with Crippen LogP contribution >= 0.6 is 0 Å². The van der Waals surface area contributed by atoms with E-state index in [1.807, 2.05) is 0 Å². The highest BCUT2D eigenvalue weighted by molar-refractivity contribution is 5.46. The van der Waals surface area contributed by atoms with E-state index in [4.69, 9.17) is 5.73 Å². The Kier molecular flexibility index (Phi) is 4.28. The Morgan fingerprint density at radius 1 is 1.05 bits per heavy atom. The SMILES string of the molecule is Nc1cccc(F)c1COC(C(F)(F)F)C(F)(F)F. The summed E-state index contributed by atoms with van der Waals surface area (Å²) in [6.45, 7) is -1.23. The molecule has 0 fully saturated rings. The normalized spacial score (nSPS) is 13.1. The van der Waals surface area contributed by atoms with Crippen LogP contribution in [-0.2, 0) is 11.3 Å². The minimum Gasteiger partial charge on any atom is -0.398 e. The number of nitrogens with two attached hydrogens (primary N) is 1. The molecular weight excluding hydrogens is 283 g/mol. The Morgan fingerprint density at radius 3 is 2.00 bits per heavy atom. The van der Waals surface area contributed by atoms with Gasteiger partial charge in [0.2, 0.25) is 6.10 Å². The van der Waals surface area contributed by atoms with Gasteiger partial charge in [-0.05, 0) is 12.1 Å². The van der Waals surface area contributed by atoms with Gasteiger partial charge in [-0.3, -0.25) is 0 Å². The van der Waals surface area contributed by atoms with Gasteiger partial charge in [-0.2, -0.15) is 26.3 Å². The smallest absolute Gasteiger partial charge is 0.398 e. The highest BCUT2D eigenvalue weighted by atomic mass is 19.4. The first-order valence-electron chi connectivity index (χ1n) is 4.81. The van der Waals surface area contributed by atoms with Crippen LogP contribution in [0.1, 0.15) is 5.56 Å². The monoisotopic (exact) mass is 291 g/mol. The van der Waals surface area contributed by atoms with Crippen LogP contribution in [0, 0.1) is 5.82 Å². The van der Waals surface area contributed by atoms with E-state index in [1.54, 1.807) is 0 Å². The second-order valence-electron chi connectivity index (χ2n) is 3.58. The largest absolute Gasteiger partial charge is 0.423 e. The summed E-state index contributed by atoms with van der Waals surface area (Å²) < 4.78 is 89.8. The highest BCUT2D eigenvalue weighted by Gasteiger charge is 2.58. The zero-order valence-electron chi connectivity index (χ0n) is 9.15. The second kappa shape index (κ2) is 5.24. The van der Waals surface area contributed by atoms with Crippen molar-refractivity contribution in [2.75, 3.05) is 5.73 Å². The third-order valence-electron chi connectivity index (χ3n) is 2.14. The fraction of sp³-hybridized carbons (Fsp3) is 0.400. The summed E-state index contributed by atoms with van der Waals surface area (Å²) in [5, 5.41) is 0. The molecule has 0 saturated carbocycles. The van der Waals surface area contributed by atoms with Gasteiger partial charge in [0.1, 0.15) is 5.82 Å². The maximum atomic E-state index is 13.2. The maximum absolute atomic E-state index is 13.2. The molecule has 1 aromatic rings. The summed E-state index contributed by atoms with van der Waals surface area (Å²) in [6, 6.07) is 3.16. The molecule has 0 aliphatic carbocycles. The Bertz CT molecular complexity index is 406. The van der Waals surface area contributed by atoms with Crippen molar-refractivity contribution in [3.8, 4) is 0 Å². The van der Waals surface area contributed by atoms with Gasteiger partial charge in [0, 0.05) is 11.3 Å². The standard InChI is InChI=1S/C10H8F7NO/c11-6-2-1-3-7(18)5(6)4-19-8(9(12,13)14)10(15,16)17/h1-3,8H,4,18H2. The molecule has 0 amide bonds. The molecule has 0 atom stereocenters. The third kappa shape index (κ3) is 3.98. The molecule has 0 radical (unpaired) electrons. The Hall–Kier alpha value is -1.51. The van der Waals surface area contributed by atoms with E-state index in [1.165, 1.54) is 6.07 Å². The van der Waals surface area contributed by atoms with Crippen molar-refractivity contribution >= 4 is 5.69 Å². The van der Waals surface area contributed by atoms with E-state index in [9.17, 15) is 30.7 Å². The number of hydrogen-bond donors (Lipinski definition) is 1.